The normalized spacial score (nSPS) is 12.0. The average Bonchev–Trinajstić information content (AvgIpc) is 3.07. The van der Waals surface area contributed by atoms with Crippen molar-refractivity contribution in [2.24, 2.45) is 0 Å². The number of aromatic hydroxyl groups is 1. The van der Waals surface area contributed by atoms with E-state index in [-0.39, 0.29) is 10.8 Å². The molecule has 0 bridgehead atoms. The molecule has 2 heterocycles. The van der Waals surface area contributed by atoms with Crippen molar-refractivity contribution >= 4 is 0 Å². The zero-order valence-corrected chi connectivity index (χ0v) is 32.5. The molecule has 3 nitrogen and oxygen atoms in total. The molecule has 4 aromatic carbocycles. The summed E-state index contributed by atoms with van der Waals surface area (Å²) < 4.78 is 0. The third-order valence-corrected chi connectivity index (χ3v) is 10.3. The van der Waals surface area contributed by atoms with Crippen molar-refractivity contribution in [1.82, 2.24) is 9.97 Å². The Kier molecular flexibility index (Phi) is 9.31. The van der Waals surface area contributed by atoms with Crippen LogP contribution in [-0.2, 0) is 10.8 Å². The third-order valence-electron chi connectivity index (χ3n) is 10.3. The maximum Gasteiger partial charge on any atom is 0.123 e. The summed E-state index contributed by atoms with van der Waals surface area (Å²) in [6.07, 6.45) is 3.76. The van der Waals surface area contributed by atoms with Crippen molar-refractivity contribution in [2.75, 3.05) is 0 Å². The summed E-state index contributed by atoms with van der Waals surface area (Å²) in [5.41, 5.74) is 20.6. The van der Waals surface area contributed by atoms with Crippen LogP contribution in [0.3, 0.4) is 0 Å². The molecule has 0 amide bonds. The number of hydrogen-bond donors (Lipinski definition) is 1. The van der Waals surface area contributed by atoms with Gasteiger partial charge in [0.2, 0.25) is 0 Å². The molecule has 3 heteroatoms. The fourth-order valence-electron chi connectivity index (χ4n) is 7.38. The SMILES string of the molecule is Cc1cc(-c2cc(C)c(-c3cc(C)c(-c4cc(C(C)(C)C)c(O)c(C(C)(C)C)c4)cc3C)cc2C)c(C)cc1-c1ccc(-c2ccccn2)nc1. The molecule has 0 fully saturated rings. The van der Waals surface area contributed by atoms with Crippen LogP contribution in [0, 0.1) is 41.5 Å². The number of aromatic nitrogens is 2. The third kappa shape index (κ3) is 7.00. The maximum atomic E-state index is 11.3. The van der Waals surface area contributed by atoms with Gasteiger partial charge in [0, 0.05) is 29.1 Å². The molecule has 0 radical (unpaired) electrons. The summed E-state index contributed by atoms with van der Waals surface area (Å²) in [7, 11) is 0. The second kappa shape index (κ2) is 13.3. The Morgan fingerprint density at radius 3 is 1.20 bits per heavy atom. The molecule has 0 atom stereocenters. The van der Waals surface area contributed by atoms with Crippen LogP contribution in [0.4, 0.5) is 0 Å². The molecule has 0 aliphatic rings. The number of phenolic OH excluding ortho intramolecular Hbond substituents is 1. The van der Waals surface area contributed by atoms with Gasteiger partial charge in [0.05, 0.1) is 11.4 Å². The molecule has 2 aromatic heterocycles. The van der Waals surface area contributed by atoms with E-state index in [1.54, 1.807) is 6.20 Å². The van der Waals surface area contributed by atoms with E-state index in [0.717, 1.165) is 33.6 Å². The highest BCUT2D eigenvalue weighted by Crippen LogP contribution is 2.44. The van der Waals surface area contributed by atoms with E-state index in [9.17, 15) is 5.11 Å². The first-order valence-electron chi connectivity index (χ1n) is 18.0. The van der Waals surface area contributed by atoms with Gasteiger partial charge in [-0.1, -0.05) is 90.1 Å². The quantitative estimate of drug-likeness (QED) is 0.198. The predicted octanol–water partition coefficient (Wildman–Crippen LogP) is 13.0. The van der Waals surface area contributed by atoms with Crippen LogP contribution in [-0.4, -0.2) is 15.1 Å². The first kappa shape index (κ1) is 35.8. The van der Waals surface area contributed by atoms with Crippen molar-refractivity contribution in [3.63, 3.8) is 0 Å². The first-order chi connectivity index (χ1) is 23.9. The van der Waals surface area contributed by atoms with Gasteiger partial charge < -0.3 is 5.11 Å². The van der Waals surface area contributed by atoms with E-state index < -0.39 is 0 Å². The Morgan fingerprint density at radius 2 is 0.824 bits per heavy atom. The molecule has 51 heavy (non-hydrogen) atoms. The number of aryl methyl sites for hydroxylation is 6. The van der Waals surface area contributed by atoms with Gasteiger partial charge in [0.25, 0.3) is 0 Å². The second-order valence-electron chi connectivity index (χ2n) is 16.5. The number of phenols is 1. The molecule has 6 aromatic rings. The fourth-order valence-corrected chi connectivity index (χ4v) is 7.38. The monoisotopic (exact) mass is 672 g/mol. The fraction of sp³-hybridized carbons (Fsp3) is 0.292. The van der Waals surface area contributed by atoms with Crippen molar-refractivity contribution in [3.8, 4) is 61.6 Å². The summed E-state index contributed by atoms with van der Waals surface area (Å²) in [4.78, 5) is 9.18. The molecule has 0 spiro atoms. The van der Waals surface area contributed by atoms with Gasteiger partial charge >= 0.3 is 0 Å². The molecule has 0 saturated heterocycles. The van der Waals surface area contributed by atoms with E-state index in [0.29, 0.717) is 5.75 Å². The number of hydrogen-bond acceptors (Lipinski definition) is 3. The van der Waals surface area contributed by atoms with Gasteiger partial charge in [-0.05, 0) is 155 Å². The molecule has 1 N–H and O–H groups in total. The summed E-state index contributed by atoms with van der Waals surface area (Å²) in [6.45, 7) is 26.3. The van der Waals surface area contributed by atoms with Crippen LogP contribution in [0.5, 0.6) is 5.75 Å². The van der Waals surface area contributed by atoms with Crippen LogP contribution >= 0.6 is 0 Å². The van der Waals surface area contributed by atoms with Crippen molar-refractivity contribution in [2.45, 2.75) is 93.9 Å². The van der Waals surface area contributed by atoms with E-state index in [1.165, 1.54) is 66.8 Å². The average molecular weight is 673 g/mol. The van der Waals surface area contributed by atoms with E-state index in [1.807, 2.05) is 24.4 Å². The minimum atomic E-state index is -0.181. The summed E-state index contributed by atoms with van der Waals surface area (Å²) in [5, 5.41) is 11.3. The van der Waals surface area contributed by atoms with Gasteiger partial charge in [0.1, 0.15) is 5.75 Å². The lowest BCUT2D eigenvalue weighted by Crippen LogP contribution is -2.17. The first-order valence-corrected chi connectivity index (χ1v) is 18.0. The minimum absolute atomic E-state index is 0.181. The lowest BCUT2D eigenvalue weighted by molar-refractivity contribution is 0.423. The van der Waals surface area contributed by atoms with Crippen LogP contribution < -0.4 is 0 Å². The molecule has 0 aliphatic carbocycles. The van der Waals surface area contributed by atoms with E-state index in [2.05, 4.69) is 149 Å². The molecular formula is C48H52N2O. The predicted molar refractivity (Wildman–Crippen MR) is 217 cm³/mol. The molecule has 6 rings (SSSR count). The Bertz CT molecular complexity index is 2230. The van der Waals surface area contributed by atoms with Crippen LogP contribution in [0.15, 0.2) is 91.3 Å². The Hall–Kier alpha value is -5.02. The molecular weight excluding hydrogens is 621 g/mol. The lowest BCUT2D eigenvalue weighted by Gasteiger charge is -2.28. The molecule has 0 aliphatic heterocycles. The standard InChI is InChI=1S/C48H52N2O/c1-28-21-38(30(3)19-36(28)34-16-17-45(50-27-34)44-15-13-14-18-49-44)40-23-33(6)41(24-32(40)5)39-22-29(2)37(20-31(39)4)35-25-42(47(7,8)9)46(51)43(26-35)48(10,11)12/h13-27,51H,1-12H3. The smallest absolute Gasteiger partial charge is 0.123 e. The number of pyridine rings is 2. The minimum Gasteiger partial charge on any atom is -0.507 e. The topological polar surface area (TPSA) is 46.0 Å². The van der Waals surface area contributed by atoms with Gasteiger partial charge in [-0.15, -0.1) is 0 Å². The van der Waals surface area contributed by atoms with E-state index >= 15 is 0 Å². The Labute approximate surface area is 305 Å². The highest BCUT2D eigenvalue weighted by Gasteiger charge is 2.27. The largest absolute Gasteiger partial charge is 0.507 e. The highest BCUT2D eigenvalue weighted by atomic mass is 16.3. The van der Waals surface area contributed by atoms with Gasteiger partial charge in [-0.2, -0.15) is 0 Å². The number of benzene rings is 4. The zero-order chi connectivity index (χ0) is 37.0. The van der Waals surface area contributed by atoms with Gasteiger partial charge in [0.15, 0.2) is 0 Å². The number of nitrogens with zero attached hydrogens (tertiary/aromatic N) is 2. The summed E-state index contributed by atoms with van der Waals surface area (Å²) >= 11 is 0. The molecule has 0 saturated carbocycles. The van der Waals surface area contributed by atoms with Crippen LogP contribution in [0.25, 0.3) is 55.9 Å². The Balaban J connectivity index is 1.36. The van der Waals surface area contributed by atoms with Crippen LogP contribution in [0.1, 0.15) is 86.1 Å². The summed E-state index contributed by atoms with van der Waals surface area (Å²) in [5.74, 6) is 0.420. The van der Waals surface area contributed by atoms with Crippen molar-refractivity contribution in [1.29, 1.82) is 0 Å². The van der Waals surface area contributed by atoms with Crippen molar-refractivity contribution < 1.29 is 5.11 Å². The zero-order valence-electron chi connectivity index (χ0n) is 32.5. The second-order valence-corrected chi connectivity index (χ2v) is 16.5. The lowest BCUT2D eigenvalue weighted by atomic mass is 9.77. The molecule has 0 unspecified atom stereocenters. The van der Waals surface area contributed by atoms with Crippen molar-refractivity contribution in [3.05, 3.63) is 136 Å². The maximum absolute atomic E-state index is 11.3. The van der Waals surface area contributed by atoms with Gasteiger partial charge in [-0.25, -0.2) is 0 Å². The van der Waals surface area contributed by atoms with Gasteiger partial charge in [-0.3, -0.25) is 9.97 Å². The summed E-state index contributed by atoms with van der Waals surface area (Å²) in [6, 6.07) is 28.5. The number of rotatable bonds is 5. The highest BCUT2D eigenvalue weighted by molar-refractivity contribution is 5.84. The molecule has 260 valence electrons. The Morgan fingerprint density at radius 1 is 0.431 bits per heavy atom. The van der Waals surface area contributed by atoms with Crippen LogP contribution in [0.2, 0.25) is 0 Å². The van der Waals surface area contributed by atoms with E-state index in [4.69, 9.17) is 4.98 Å².